The molecular weight excluding hydrogens is 417 g/mol. The minimum absolute atomic E-state index is 0.242. The molecule has 158 valence electrons. The summed E-state index contributed by atoms with van der Waals surface area (Å²) in [4.78, 5) is 32.0. The zero-order valence-corrected chi connectivity index (χ0v) is 17.6. The van der Waals surface area contributed by atoms with Crippen molar-refractivity contribution >= 4 is 23.4 Å². The van der Waals surface area contributed by atoms with Crippen molar-refractivity contribution in [3.63, 3.8) is 0 Å². The fourth-order valence-electron chi connectivity index (χ4n) is 4.30. The molecule has 2 atom stereocenters. The second kappa shape index (κ2) is 8.47. The van der Waals surface area contributed by atoms with Crippen LogP contribution >= 0.6 is 11.6 Å². The van der Waals surface area contributed by atoms with Crippen LogP contribution in [0.5, 0.6) is 0 Å². The van der Waals surface area contributed by atoms with Gasteiger partial charge in [-0.15, -0.1) is 0 Å². The van der Waals surface area contributed by atoms with Crippen LogP contribution in [0.2, 0.25) is 5.02 Å². The molecule has 2 aromatic carbocycles. The number of rotatable bonds is 5. The number of hydrogen-bond donors (Lipinski definition) is 1. The predicted molar refractivity (Wildman–Crippen MR) is 116 cm³/mol. The number of amides is 2. The third kappa shape index (κ3) is 3.91. The molecule has 5 nitrogen and oxygen atoms in total. The SMILES string of the molecule is Cc1cnccc1C(=O)N(C1CCc2c(F)cc(Cl)cc21)C(C(N)=O)c1ccccc1. The maximum Gasteiger partial charge on any atom is 0.255 e. The molecule has 2 amide bonds. The van der Waals surface area contributed by atoms with Crippen LogP contribution in [-0.4, -0.2) is 21.7 Å². The fourth-order valence-corrected chi connectivity index (χ4v) is 4.51. The van der Waals surface area contributed by atoms with Gasteiger partial charge in [0.2, 0.25) is 5.91 Å². The quantitative estimate of drug-likeness (QED) is 0.636. The van der Waals surface area contributed by atoms with Crippen LogP contribution in [0, 0.1) is 12.7 Å². The standard InChI is InChI=1S/C24H21ClFN3O2/c1-14-13-28-10-9-17(14)24(31)29(22(23(27)30)15-5-3-2-4-6-15)21-8-7-18-19(21)11-16(25)12-20(18)26/h2-6,9-13,21-22H,7-8H2,1H3,(H2,27,30). The number of carbonyl (C=O) groups is 2. The number of fused-ring (bicyclic) bond motifs is 1. The highest BCUT2D eigenvalue weighted by Gasteiger charge is 2.40. The first-order chi connectivity index (χ1) is 14.9. The van der Waals surface area contributed by atoms with Crippen molar-refractivity contribution in [2.75, 3.05) is 0 Å². The van der Waals surface area contributed by atoms with Gasteiger partial charge < -0.3 is 10.6 Å². The molecule has 2 N–H and O–H groups in total. The number of nitrogens with two attached hydrogens (primary N) is 1. The molecule has 0 bridgehead atoms. The molecular formula is C24H21ClFN3O2. The van der Waals surface area contributed by atoms with Crippen molar-refractivity contribution in [3.8, 4) is 0 Å². The van der Waals surface area contributed by atoms with Gasteiger partial charge in [-0.2, -0.15) is 0 Å². The Bertz CT molecular complexity index is 1150. The monoisotopic (exact) mass is 437 g/mol. The zero-order chi connectivity index (χ0) is 22.1. The summed E-state index contributed by atoms with van der Waals surface area (Å²) in [5.74, 6) is -1.44. The Hall–Kier alpha value is -3.25. The van der Waals surface area contributed by atoms with E-state index in [2.05, 4.69) is 4.98 Å². The van der Waals surface area contributed by atoms with Gasteiger partial charge in [0.15, 0.2) is 0 Å². The Morgan fingerprint density at radius 1 is 1.23 bits per heavy atom. The summed E-state index contributed by atoms with van der Waals surface area (Å²) in [5, 5.41) is 0.242. The lowest BCUT2D eigenvalue weighted by Gasteiger charge is -2.36. The first-order valence-corrected chi connectivity index (χ1v) is 10.3. The van der Waals surface area contributed by atoms with Crippen LogP contribution in [0.3, 0.4) is 0 Å². The Morgan fingerprint density at radius 3 is 2.65 bits per heavy atom. The number of aromatic nitrogens is 1. The molecule has 31 heavy (non-hydrogen) atoms. The molecule has 1 aromatic heterocycles. The number of aryl methyl sites for hydroxylation is 1. The van der Waals surface area contributed by atoms with E-state index in [1.165, 1.54) is 17.2 Å². The summed E-state index contributed by atoms with van der Waals surface area (Å²) in [6, 6.07) is 11.9. The zero-order valence-electron chi connectivity index (χ0n) is 16.9. The predicted octanol–water partition coefficient (Wildman–Crippen LogP) is 4.54. The molecule has 4 rings (SSSR count). The second-order valence-electron chi connectivity index (χ2n) is 7.63. The number of hydrogen-bond acceptors (Lipinski definition) is 3. The van der Waals surface area contributed by atoms with Crippen molar-refractivity contribution in [3.05, 3.63) is 99.6 Å². The van der Waals surface area contributed by atoms with Crippen molar-refractivity contribution in [2.24, 2.45) is 5.73 Å². The highest BCUT2D eigenvalue weighted by atomic mass is 35.5. The Labute approximate surface area is 184 Å². The lowest BCUT2D eigenvalue weighted by atomic mass is 9.97. The number of benzene rings is 2. The largest absolute Gasteiger partial charge is 0.368 e. The molecule has 3 aromatic rings. The maximum atomic E-state index is 14.6. The van der Waals surface area contributed by atoms with Crippen LogP contribution < -0.4 is 5.73 Å². The van der Waals surface area contributed by atoms with Crippen LogP contribution in [0.4, 0.5) is 4.39 Å². The van der Waals surface area contributed by atoms with E-state index in [1.54, 1.807) is 49.5 Å². The van der Waals surface area contributed by atoms with E-state index in [4.69, 9.17) is 17.3 Å². The van der Waals surface area contributed by atoms with Gasteiger partial charge in [-0.3, -0.25) is 14.6 Å². The average molecular weight is 438 g/mol. The molecule has 0 radical (unpaired) electrons. The first-order valence-electron chi connectivity index (χ1n) is 9.94. The van der Waals surface area contributed by atoms with Crippen LogP contribution in [0.1, 0.15) is 51.1 Å². The number of nitrogens with zero attached hydrogens (tertiary/aromatic N) is 2. The summed E-state index contributed by atoms with van der Waals surface area (Å²) in [6.07, 6.45) is 4.01. The topological polar surface area (TPSA) is 76.3 Å². The van der Waals surface area contributed by atoms with Crippen molar-refractivity contribution < 1.29 is 14.0 Å². The summed E-state index contributed by atoms with van der Waals surface area (Å²) in [6.45, 7) is 1.78. The van der Waals surface area contributed by atoms with E-state index >= 15 is 0 Å². The molecule has 1 heterocycles. The van der Waals surface area contributed by atoms with E-state index in [9.17, 15) is 14.0 Å². The Kier molecular flexibility index (Phi) is 5.74. The van der Waals surface area contributed by atoms with Gasteiger partial charge in [-0.25, -0.2) is 4.39 Å². The van der Waals surface area contributed by atoms with E-state index in [0.29, 0.717) is 40.7 Å². The molecule has 0 spiro atoms. The van der Waals surface area contributed by atoms with E-state index in [-0.39, 0.29) is 10.9 Å². The van der Waals surface area contributed by atoms with Gasteiger partial charge in [-0.1, -0.05) is 41.9 Å². The van der Waals surface area contributed by atoms with E-state index in [0.717, 1.165) is 0 Å². The average Bonchev–Trinajstić information content (AvgIpc) is 3.16. The lowest BCUT2D eigenvalue weighted by molar-refractivity contribution is -0.123. The molecule has 0 fully saturated rings. The van der Waals surface area contributed by atoms with Crippen LogP contribution in [-0.2, 0) is 11.2 Å². The first kappa shape index (κ1) is 21.0. The third-order valence-corrected chi connectivity index (χ3v) is 5.92. The van der Waals surface area contributed by atoms with Gasteiger partial charge >= 0.3 is 0 Å². The fraction of sp³-hybridized carbons (Fsp3) is 0.208. The van der Waals surface area contributed by atoms with Gasteiger partial charge in [0.1, 0.15) is 11.9 Å². The number of halogens is 2. The van der Waals surface area contributed by atoms with Crippen molar-refractivity contribution in [2.45, 2.75) is 31.8 Å². The smallest absolute Gasteiger partial charge is 0.255 e. The number of carbonyl (C=O) groups excluding carboxylic acids is 2. The summed E-state index contributed by atoms with van der Waals surface area (Å²) >= 11 is 6.14. The van der Waals surface area contributed by atoms with Gasteiger partial charge in [0.25, 0.3) is 5.91 Å². The minimum atomic E-state index is -1.03. The molecule has 0 aliphatic heterocycles. The second-order valence-corrected chi connectivity index (χ2v) is 8.06. The number of pyridine rings is 1. The number of primary amides is 1. The van der Waals surface area contributed by atoms with E-state index < -0.39 is 23.8 Å². The lowest BCUT2D eigenvalue weighted by Crippen LogP contribution is -2.43. The molecule has 1 aliphatic rings. The highest BCUT2D eigenvalue weighted by Crippen LogP contribution is 2.43. The van der Waals surface area contributed by atoms with Gasteiger partial charge in [-0.05, 0) is 60.2 Å². The third-order valence-electron chi connectivity index (χ3n) is 5.71. The molecule has 0 saturated carbocycles. The Balaban J connectivity index is 1.90. The van der Waals surface area contributed by atoms with Crippen molar-refractivity contribution in [1.82, 2.24) is 9.88 Å². The minimum Gasteiger partial charge on any atom is -0.368 e. The Morgan fingerprint density at radius 2 is 1.97 bits per heavy atom. The van der Waals surface area contributed by atoms with Crippen LogP contribution in [0.25, 0.3) is 0 Å². The van der Waals surface area contributed by atoms with Gasteiger partial charge in [0, 0.05) is 23.0 Å². The highest BCUT2D eigenvalue weighted by molar-refractivity contribution is 6.30. The molecule has 7 heteroatoms. The molecule has 0 saturated heterocycles. The van der Waals surface area contributed by atoms with Crippen molar-refractivity contribution in [1.29, 1.82) is 0 Å². The summed E-state index contributed by atoms with van der Waals surface area (Å²) in [7, 11) is 0. The maximum absolute atomic E-state index is 14.6. The summed E-state index contributed by atoms with van der Waals surface area (Å²) < 4.78 is 14.6. The van der Waals surface area contributed by atoms with Crippen LogP contribution in [0.15, 0.2) is 60.9 Å². The molecule has 2 unspecified atom stereocenters. The van der Waals surface area contributed by atoms with E-state index in [1.807, 2.05) is 6.07 Å². The summed E-state index contributed by atoms with van der Waals surface area (Å²) in [5.41, 5.74) is 8.61. The van der Waals surface area contributed by atoms with Gasteiger partial charge in [0.05, 0.1) is 6.04 Å². The molecule has 1 aliphatic carbocycles. The normalized spacial score (nSPS) is 15.9.